The van der Waals surface area contributed by atoms with Gasteiger partial charge in [-0.1, -0.05) is 12.1 Å². The van der Waals surface area contributed by atoms with E-state index in [0.29, 0.717) is 0 Å². The topological polar surface area (TPSA) is 25.2 Å². The van der Waals surface area contributed by atoms with Crippen molar-refractivity contribution in [3.8, 4) is 0 Å². The van der Waals surface area contributed by atoms with E-state index in [4.69, 9.17) is 5.11 Å². The predicted molar refractivity (Wildman–Crippen MR) is 63.1 cm³/mol. The Kier molecular flexibility index (Phi) is 2.78. The van der Waals surface area contributed by atoms with Crippen molar-refractivity contribution in [1.82, 2.24) is 4.57 Å². The Morgan fingerprint density at radius 1 is 1.33 bits per heavy atom. The summed E-state index contributed by atoms with van der Waals surface area (Å²) in [6.45, 7) is 2.38. The minimum atomic E-state index is 0.266. The molecule has 0 saturated carbocycles. The van der Waals surface area contributed by atoms with Crippen LogP contribution in [0.15, 0.2) is 24.4 Å². The number of aliphatic hydroxyl groups is 1. The van der Waals surface area contributed by atoms with Crippen LogP contribution in [0.3, 0.4) is 0 Å². The van der Waals surface area contributed by atoms with Crippen molar-refractivity contribution >= 4 is 10.9 Å². The van der Waals surface area contributed by atoms with Crippen LogP contribution in [0.5, 0.6) is 0 Å². The number of aryl methyl sites for hydroxylation is 3. The summed E-state index contributed by atoms with van der Waals surface area (Å²) in [6.07, 6.45) is 3.96. The number of aliphatic hydroxyl groups excluding tert-OH is 1. The zero-order valence-corrected chi connectivity index (χ0v) is 9.33. The van der Waals surface area contributed by atoms with E-state index in [2.05, 4.69) is 42.9 Å². The number of rotatable bonds is 3. The van der Waals surface area contributed by atoms with E-state index in [0.717, 1.165) is 12.8 Å². The lowest BCUT2D eigenvalue weighted by Crippen LogP contribution is -1.87. The summed E-state index contributed by atoms with van der Waals surface area (Å²) in [5.74, 6) is 0. The van der Waals surface area contributed by atoms with Gasteiger partial charge in [0, 0.05) is 30.8 Å². The molecule has 1 N–H and O–H groups in total. The van der Waals surface area contributed by atoms with E-state index in [1.807, 2.05) is 0 Å². The monoisotopic (exact) mass is 203 g/mol. The highest BCUT2D eigenvalue weighted by Crippen LogP contribution is 2.22. The van der Waals surface area contributed by atoms with Gasteiger partial charge in [0.1, 0.15) is 0 Å². The summed E-state index contributed by atoms with van der Waals surface area (Å²) in [5.41, 5.74) is 3.90. The molecule has 1 aromatic heterocycles. The number of aromatic nitrogens is 1. The molecular weight excluding hydrogens is 186 g/mol. The second kappa shape index (κ2) is 4.07. The number of benzene rings is 1. The van der Waals surface area contributed by atoms with Crippen LogP contribution in [-0.2, 0) is 13.5 Å². The third-order valence-corrected chi connectivity index (χ3v) is 2.83. The van der Waals surface area contributed by atoms with Gasteiger partial charge in [-0.25, -0.2) is 0 Å². The molecule has 0 saturated heterocycles. The number of nitrogens with zero attached hydrogens (tertiary/aromatic N) is 1. The molecular formula is C13H17NO. The molecule has 0 aliphatic carbocycles. The van der Waals surface area contributed by atoms with Crippen LogP contribution in [0, 0.1) is 6.92 Å². The second-order valence-corrected chi connectivity index (χ2v) is 4.11. The van der Waals surface area contributed by atoms with Gasteiger partial charge in [-0.05, 0) is 37.0 Å². The van der Waals surface area contributed by atoms with Crippen LogP contribution in [0.4, 0.5) is 0 Å². The molecule has 0 bridgehead atoms. The third-order valence-electron chi connectivity index (χ3n) is 2.83. The SMILES string of the molecule is Cc1ccc2c(CCCO)cn(C)c2c1. The first-order valence-electron chi connectivity index (χ1n) is 5.38. The molecule has 0 aliphatic heterocycles. The van der Waals surface area contributed by atoms with Crippen molar-refractivity contribution < 1.29 is 5.11 Å². The maximum Gasteiger partial charge on any atom is 0.0483 e. The third kappa shape index (κ3) is 1.90. The zero-order chi connectivity index (χ0) is 10.8. The highest BCUT2D eigenvalue weighted by Gasteiger charge is 2.05. The van der Waals surface area contributed by atoms with Crippen LogP contribution >= 0.6 is 0 Å². The molecule has 2 heteroatoms. The Bertz CT molecular complexity index is 471. The van der Waals surface area contributed by atoms with Gasteiger partial charge in [0.25, 0.3) is 0 Å². The van der Waals surface area contributed by atoms with Gasteiger partial charge in [-0.3, -0.25) is 0 Å². The average Bonchev–Trinajstić information content (AvgIpc) is 2.53. The molecule has 0 amide bonds. The van der Waals surface area contributed by atoms with Crippen LogP contribution in [0.1, 0.15) is 17.5 Å². The summed E-state index contributed by atoms with van der Waals surface area (Å²) < 4.78 is 2.16. The molecule has 0 atom stereocenters. The fraction of sp³-hybridized carbons (Fsp3) is 0.385. The number of hydrogen-bond acceptors (Lipinski definition) is 1. The molecule has 0 spiro atoms. The normalized spacial score (nSPS) is 11.1. The molecule has 1 aromatic carbocycles. The van der Waals surface area contributed by atoms with E-state index < -0.39 is 0 Å². The Morgan fingerprint density at radius 2 is 2.13 bits per heavy atom. The molecule has 0 radical (unpaired) electrons. The second-order valence-electron chi connectivity index (χ2n) is 4.11. The Hall–Kier alpha value is -1.28. The van der Waals surface area contributed by atoms with Crippen molar-refractivity contribution in [1.29, 1.82) is 0 Å². The summed E-state index contributed by atoms with van der Waals surface area (Å²) in [5, 5.41) is 10.2. The molecule has 2 aromatic rings. The van der Waals surface area contributed by atoms with Crippen molar-refractivity contribution in [2.75, 3.05) is 6.61 Å². The van der Waals surface area contributed by atoms with Gasteiger partial charge in [0.2, 0.25) is 0 Å². The van der Waals surface area contributed by atoms with Crippen molar-refractivity contribution in [2.24, 2.45) is 7.05 Å². The fourth-order valence-electron chi connectivity index (χ4n) is 2.05. The minimum Gasteiger partial charge on any atom is -0.396 e. The van der Waals surface area contributed by atoms with E-state index in [9.17, 15) is 0 Å². The predicted octanol–water partition coefficient (Wildman–Crippen LogP) is 2.41. The molecule has 0 aliphatic rings. The quantitative estimate of drug-likeness (QED) is 0.814. The number of fused-ring (bicyclic) bond motifs is 1. The van der Waals surface area contributed by atoms with Gasteiger partial charge < -0.3 is 9.67 Å². The lowest BCUT2D eigenvalue weighted by atomic mass is 10.1. The molecule has 80 valence electrons. The van der Waals surface area contributed by atoms with Crippen LogP contribution < -0.4 is 0 Å². The first kappa shape index (κ1) is 10.2. The maximum absolute atomic E-state index is 8.84. The van der Waals surface area contributed by atoms with Crippen LogP contribution in [0.2, 0.25) is 0 Å². The van der Waals surface area contributed by atoms with Gasteiger partial charge in [-0.2, -0.15) is 0 Å². The van der Waals surface area contributed by atoms with Crippen molar-refractivity contribution in [3.63, 3.8) is 0 Å². The maximum atomic E-state index is 8.84. The van der Waals surface area contributed by atoms with Crippen molar-refractivity contribution in [3.05, 3.63) is 35.5 Å². The summed E-state index contributed by atoms with van der Waals surface area (Å²) in [7, 11) is 2.07. The molecule has 0 unspecified atom stereocenters. The summed E-state index contributed by atoms with van der Waals surface area (Å²) >= 11 is 0. The largest absolute Gasteiger partial charge is 0.396 e. The van der Waals surface area contributed by atoms with E-state index in [-0.39, 0.29) is 6.61 Å². The summed E-state index contributed by atoms with van der Waals surface area (Å²) in [4.78, 5) is 0. The van der Waals surface area contributed by atoms with E-state index in [1.54, 1.807) is 0 Å². The standard InChI is InChI=1S/C13H17NO/c1-10-5-6-12-11(4-3-7-15)9-14(2)13(12)8-10/h5-6,8-9,15H,3-4,7H2,1-2H3. The number of hydrogen-bond donors (Lipinski definition) is 1. The zero-order valence-electron chi connectivity index (χ0n) is 9.33. The van der Waals surface area contributed by atoms with Gasteiger partial charge >= 0.3 is 0 Å². The Labute approximate surface area is 90.2 Å². The lowest BCUT2D eigenvalue weighted by molar-refractivity contribution is 0.288. The molecule has 1 heterocycles. The minimum absolute atomic E-state index is 0.266. The highest BCUT2D eigenvalue weighted by atomic mass is 16.2. The molecule has 2 rings (SSSR count). The first-order chi connectivity index (χ1) is 7.22. The van der Waals surface area contributed by atoms with Crippen LogP contribution in [-0.4, -0.2) is 16.3 Å². The molecule has 2 nitrogen and oxygen atoms in total. The Morgan fingerprint density at radius 3 is 2.87 bits per heavy atom. The molecule has 0 fully saturated rings. The van der Waals surface area contributed by atoms with Gasteiger partial charge in [0.05, 0.1) is 0 Å². The average molecular weight is 203 g/mol. The highest BCUT2D eigenvalue weighted by molar-refractivity contribution is 5.84. The van der Waals surface area contributed by atoms with Gasteiger partial charge in [0.15, 0.2) is 0 Å². The summed E-state index contributed by atoms with van der Waals surface area (Å²) in [6, 6.07) is 6.53. The van der Waals surface area contributed by atoms with E-state index in [1.165, 1.54) is 22.0 Å². The van der Waals surface area contributed by atoms with Crippen molar-refractivity contribution in [2.45, 2.75) is 19.8 Å². The fourth-order valence-corrected chi connectivity index (χ4v) is 2.05. The smallest absolute Gasteiger partial charge is 0.0483 e. The first-order valence-corrected chi connectivity index (χ1v) is 5.38. The molecule has 15 heavy (non-hydrogen) atoms. The van der Waals surface area contributed by atoms with Gasteiger partial charge in [-0.15, -0.1) is 0 Å². The Balaban J connectivity index is 2.48. The van der Waals surface area contributed by atoms with Crippen LogP contribution in [0.25, 0.3) is 10.9 Å². The lowest BCUT2D eigenvalue weighted by Gasteiger charge is -1.98. The van der Waals surface area contributed by atoms with E-state index >= 15 is 0 Å².